The largest absolute Gasteiger partial charge is 0.484 e. The number of hydrogen-bond acceptors (Lipinski definition) is 4. The lowest BCUT2D eigenvalue weighted by molar-refractivity contribution is -0.918. The molecule has 6 nitrogen and oxygen atoms in total. The minimum atomic E-state index is 0.0711. The number of nitrogens with one attached hydrogen (secondary N) is 1. The van der Waals surface area contributed by atoms with Crippen LogP contribution >= 0.6 is 0 Å². The first-order valence-corrected chi connectivity index (χ1v) is 9.45. The molecule has 0 radical (unpaired) electrons. The second kappa shape index (κ2) is 7.50. The Labute approximate surface area is 153 Å². The quantitative estimate of drug-likeness (QED) is 0.860. The van der Waals surface area contributed by atoms with Crippen molar-refractivity contribution in [3.8, 4) is 5.75 Å². The molecule has 1 aliphatic heterocycles. The SMILES string of the molecule is Cc1cc(C[NH+]2CCN(C(=O)COc3ccc4c(c3)CCC4)CC2)no1. The molecule has 0 bridgehead atoms. The van der Waals surface area contributed by atoms with Gasteiger partial charge in [-0.05, 0) is 49.4 Å². The van der Waals surface area contributed by atoms with E-state index in [1.807, 2.05) is 24.0 Å². The zero-order valence-corrected chi connectivity index (χ0v) is 15.3. The molecule has 1 saturated heterocycles. The third-order valence-corrected chi connectivity index (χ3v) is 5.36. The first kappa shape index (κ1) is 17.1. The van der Waals surface area contributed by atoms with E-state index in [0.717, 1.165) is 62.8 Å². The highest BCUT2D eigenvalue weighted by atomic mass is 16.5. The van der Waals surface area contributed by atoms with Gasteiger partial charge in [0.15, 0.2) is 6.61 Å². The summed E-state index contributed by atoms with van der Waals surface area (Å²) in [4.78, 5) is 15.8. The molecule has 0 spiro atoms. The van der Waals surface area contributed by atoms with Gasteiger partial charge in [0.1, 0.15) is 23.7 Å². The monoisotopic (exact) mass is 356 g/mol. The van der Waals surface area contributed by atoms with Gasteiger partial charge in [-0.25, -0.2) is 0 Å². The van der Waals surface area contributed by atoms with Crippen LogP contribution in [0.15, 0.2) is 28.8 Å². The molecule has 6 heteroatoms. The number of ether oxygens (including phenoxy) is 1. The van der Waals surface area contributed by atoms with Gasteiger partial charge in [0, 0.05) is 6.07 Å². The summed E-state index contributed by atoms with van der Waals surface area (Å²) in [5.74, 6) is 1.73. The Kier molecular flexibility index (Phi) is 4.93. The first-order chi connectivity index (χ1) is 12.7. The van der Waals surface area contributed by atoms with Crippen LogP contribution in [0.25, 0.3) is 0 Å². The number of quaternary nitrogens is 1. The van der Waals surface area contributed by atoms with Crippen LogP contribution in [-0.4, -0.2) is 48.7 Å². The summed E-state index contributed by atoms with van der Waals surface area (Å²) in [5, 5.41) is 4.06. The lowest BCUT2D eigenvalue weighted by Crippen LogP contribution is -3.13. The number of piperazine rings is 1. The Morgan fingerprint density at radius 2 is 2.04 bits per heavy atom. The molecule has 1 amide bonds. The number of rotatable bonds is 5. The van der Waals surface area contributed by atoms with Crippen LogP contribution in [0.1, 0.15) is 29.0 Å². The average molecular weight is 356 g/mol. The number of benzene rings is 1. The van der Waals surface area contributed by atoms with Gasteiger partial charge < -0.3 is 19.1 Å². The molecule has 1 aromatic carbocycles. The Bertz CT molecular complexity index is 778. The van der Waals surface area contributed by atoms with Crippen molar-refractivity contribution in [3.63, 3.8) is 0 Å². The number of hydrogen-bond donors (Lipinski definition) is 1. The van der Waals surface area contributed by atoms with E-state index in [0.29, 0.717) is 0 Å². The third-order valence-electron chi connectivity index (χ3n) is 5.36. The van der Waals surface area contributed by atoms with Crippen molar-refractivity contribution in [3.05, 3.63) is 46.8 Å². The van der Waals surface area contributed by atoms with Crippen LogP contribution < -0.4 is 9.64 Å². The average Bonchev–Trinajstić information content (AvgIpc) is 3.28. The van der Waals surface area contributed by atoms with E-state index in [9.17, 15) is 4.79 Å². The fourth-order valence-electron chi connectivity index (χ4n) is 3.88. The van der Waals surface area contributed by atoms with Gasteiger partial charge in [0.2, 0.25) is 0 Å². The topological polar surface area (TPSA) is 60.0 Å². The maximum absolute atomic E-state index is 12.4. The lowest BCUT2D eigenvalue weighted by atomic mass is 10.1. The zero-order chi connectivity index (χ0) is 17.9. The van der Waals surface area contributed by atoms with Crippen molar-refractivity contribution >= 4 is 5.91 Å². The van der Waals surface area contributed by atoms with Gasteiger partial charge in [-0.3, -0.25) is 4.79 Å². The number of carbonyl (C=O) groups is 1. The van der Waals surface area contributed by atoms with Crippen LogP contribution in [0, 0.1) is 6.92 Å². The molecule has 1 aromatic heterocycles. The number of nitrogens with zero attached hydrogens (tertiary/aromatic N) is 2. The van der Waals surface area contributed by atoms with Crippen LogP contribution in [0.3, 0.4) is 0 Å². The van der Waals surface area contributed by atoms with Crippen LogP contribution in [0.2, 0.25) is 0 Å². The van der Waals surface area contributed by atoms with E-state index in [1.165, 1.54) is 22.4 Å². The van der Waals surface area contributed by atoms with Crippen molar-refractivity contribution in [2.75, 3.05) is 32.8 Å². The fourth-order valence-corrected chi connectivity index (χ4v) is 3.88. The molecule has 1 aliphatic carbocycles. The summed E-state index contributed by atoms with van der Waals surface area (Å²) < 4.78 is 10.9. The fraction of sp³-hybridized carbons (Fsp3) is 0.500. The van der Waals surface area contributed by atoms with Crippen molar-refractivity contribution in [2.45, 2.75) is 32.7 Å². The van der Waals surface area contributed by atoms with E-state index in [2.05, 4.69) is 17.3 Å². The molecule has 138 valence electrons. The molecule has 1 N–H and O–H groups in total. The highest BCUT2D eigenvalue weighted by molar-refractivity contribution is 5.77. The summed E-state index contributed by atoms with van der Waals surface area (Å²) in [6, 6.07) is 8.20. The van der Waals surface area contributed by atoms with Gasteiger partial charge in [-0.2, -0.15) is 0 Å². The molecule has 0 atom stereocenters. The van der Waals surface area contributed by atoms with E-state index in [4.69, 9.17) is 9.26 Å². The second-order valence-corrected chi connectivity index (χ2v) is 7.31. The Morgan fingerprint density at radius 3 is 2.81 bits per heavy atom. The minimum Gasteiger partial charge on any atom is -0.484 e. The number of carbonyl (C=O) groups excluding carboxylic acids is 1. The summed E-state index contributed by atoms with van der Waals surface area (Å²) in [7, 11) is 0. The molecular formula is C20H26N3O3+. The van der Waals surface area contributed by atoms with Gasteiger partial charge in [0.05, 0.1) is 26.2 Å². The predicted molar refractivity (Wildman–Crippen MR) is 96.2 cm³/mol. The Balaban J connectivity index is 1.23. The molecular weight excluding hydrogens is 330 g/mol. The van der Waals surface area contributed by atoms with E-state index in [-0.39, 0.29) is 12.5 Å². The minimum absolute atomic E-state index is 0.0711. The van der Waals surface area contributed by atoms with Gasteiger partial charge in [-0.1, -0.05) is 11.2 Å². The normalized spacial score (nSPS) is 17.3. The number of aryl methyl sites for hydroxylation is 3. The maximum atomic E-state index is 12.4. The van der Waals surface area contributed by atoms with Crippen LogP contribution in [-0.2, 0) is 24.2 Å². The second-order valence-electron chi connectivity index (χ2n) is 7.31. The Hall–Kier alpha value is -2.34. The van der Waals surface area contributed by atoms with Crippen molar-refractivity contribution < 1.29 is 19.0 Å². The smallest absolute Gasteiger partial charge is 0.260 e. The summed E-state index contributed by atoms with van der Waals surface area (Å²) >= 11 is 0. The standard InChI is InChI=1S/C20H25N3O3/c1-15-11-18(21-26-15)13-22-7-9-23(10-8-22)20(24)14-25-19-6-5-16-3-2-4-17(16)12-19/h5-6,11-12H,2-4,7-10,13-14H2,1H3/p+1. The van der Waals surface area contributed by atoms with Crippen molar-refractivity contribution in [2.24, 2.45) is 0 Å². The van der Waals surface area contributed by atoms with E-state index < -0.39 is 0 Å². The third kappa shape index (κ3) is 3.90. The van der Waals surface area contributed by atoms with Crippen LogP contribution in [0.4, 0.5) is 0 Å². The van der Waals surface area contributed by atoms with Gasteiger partial charge in [-0.15, -0.1) is 0 Å². The summed E-state index contributed by atoms with van der Waals surface area (Å²) in [5.41, 5.74) is 3.78. The molecule has 4 rings (SSSR count). The number of aromatic nitrogens is 1. The molecule has 2 heterocycles. The molecule has 26 heavy (non-hydrogen) atoms. The molecule has 1 fully saturated rings. The van der Waals surface area contributed by atoms with E-state index >= 15 is 0 Å². The molecule has 0 saturated carbocycles. The van der Waals surface area contributed by atoms with Crippen molar-refractivity contribution in [1.29, 1.82) is 0 Å². The first-order valence-electron chi connectivity index (χ1n) is 9.45. The van der Waals surface area contributed by atoms with Gasteiger partial charge in [0.25, 0.3) is 5.91 Å². The molecule has 2 aliphatic rings. The zero-order valence-electron chi connectivity index (χ0n) is 15.3. The van der Waals surface area contributed by atoms with E-state index in [1.54, 1.807) is 0 Å². The summed E-state index contributed by atoms with van der Waals surface area (Å²) in [6.07, 6.45) is 3.50. The number of fused-ring (bicyclic) bond motifs is 1. The molecule has 0 unspecified atom stereocenters. The predicted octanol–water partition coefficient (Wildman–Crippen LogP) is 0.778. The number of amides is 1. The van der Waals surface area contributed by atoms with Gasteiger partial charge >= 0.3 is 0 Å². The van der Waals surface area contributed by atoms with Crippen molar-refractivity contribution in [1.82, 2.24) is 10.1 Å². The van der Waals surface area contributed by atoms with Crippen LogP contribution in [0.5, 0.6) is 5.75 Å². The molecule has 2 aromatic rings. The highest BCUT2D eigenvalue weighted by Crippen LogP contribution is 2.25. The highest BCUT2D eigenvalue weighted by Gasteiger charge is 2.25. The summed E-state index contributed by atoms with van der Waals surface area (Å²) in [6.45, 7) is 6.26. The maximum Gasteiger partial charge on any atom is 0.260 e. The lowest BCUT2D eigenvalue weighted by Gasteiger charge is -2.31. The Morgan fingerprint density at radius 1 is 1.23 bits per heavy atom.